The fraction of sp³-hybridized carbons (Fsp3) is 0.824. The Balaban J connectivity index is 4.60. The minimum Gasteiger partial charge on any atom is -0.444 e. The molecule has 4 nitrogen and oxygen atoms in total. The van der Waals surface area contributed by atoms with E-state index in [9.17, 15) is 4.79 Å². The highest BCUT2D eigenvalue weighted by molar-refractivity contribution is 5.69. The molecule has 0 aromatic carbocycles. The maximum absolute atomic E-state index is 12.3. The molecule has 0 saturated carbocycles. The zero-order chi connectivity index (χ0) is 16.7. The van der Waals surface area contributed by atoms with Crippen LogP contribution in [0, 0.1) is 12.3 Å². The fourth-order valence-electron chi connectivity index (χ4n) is 1.90. The van der Waals surface area contributed by atoms with E-state index < -0.39 is 5.60 Å². The zero-order valence-electron chi connectivity index (χ0n) is 14.7. The number of amides is 1. The second-order valence-corrected chi connectivity index (χ2v) is 7.27. The van der Waals surface area contributed by atoms with Crippen LogP contribution in [0.25, 0.3) is 0 Å². The largest absolute Gasteiger partial charge is 0.444 e. The van der Waals surface area contributed by atoms with Crippen LogP contribution in [0.15, 0.2) is 0 Å². The predicted octanol–water partition coefficient (Wildman–Crippen LogP) is 3.41. The van der Waals surface area contributed by atoms with Crippen molar-refractivity contribution in [2.75, 3.05) is 13.1 Å². The normalized spacial score (nSPS) is 13.4. The Morgan fingerprint density at radius 3 is 2.24 bits per heavy atom. The van der Waals surface area contributed by atoms with Gasteiger partial charge >= 0.3 is 6.09 Å². The van der Waals surface area contributed by atoms with E-state index in [1.807, 2.05) is 41.5 Å². The number of nitrogens with zero attached hydrogens (tertiary/aromatic N) is 1. The van der Waals surface area contributed by atoms with Crippen molar-refractivity contribution >= 4 is 6.09 Å². The summed E-state index contributed by atoms with van der Waals surface area (Å²) in [5.41, 5.74) is -0.763. The van der Waals surface area contributed by atoms with Gasteiger partial charge in [-0.2, -0.15) is 0 Å². The second-order valence-electron chi connectivity index (χ2n) is 7.27. The number of rotatable bonds is 6. The van der Waals surface area contributed by atoms with Crippen LogP contribution in [0.1, 0.15) is 61.3 Å². The highest BCUT2D eigenvalue weighted by Crippen LogP contribution is 2.18. The third kappa shape index (κ3) is 8.62. The van der Waals surface area contributed by atoms with Crippen LogP contribution >= 0.6 is 0 Å². The molecule has 0 aromatic rings. The standard InChI is InChI=1S/C17H32N2O2/c1-9-11-14(10-2)18-12-13-19(16(3,4)5)15(20)21-17(6,7)8/h1,14,18H,10-13H2,2-8H3. The van der Waals surface area contributed by atoms with E-state index in [0.717, 1.165) is 6.42 Å². The molecular formula is C17H32N2O2. The molecule has 0 bridgehead atoms. The molecule has 0 aliphatic rings. The van der Waals surface area contributed by atoms with Crippen molar-refractivity contribution in [2.45, 2.75) is 78.5 Å². The van der Waals surface area contributed by atoms with E-state index in [1.54, 1.807) is 4.90 Å². The van der Waals surface area contributed by atoms with E-state index in [2.05, 4.69) is 18.2 Å². The molecule has 0 rings (SSSR count). The number of ether oxygens (including phenoxy) is 1. The SMILES string of the molecule is C#CCC(CC)NCCN(C(=O)OC(C)(C)C)C(C)(C)C. The lowest BCUT2D eigenvalue weighted by atomic mass is 10.1. The van der Waals surface area contributed by atoms with Crippen molar-refractivity contribution in [3.05, 3.63) is 0 Å². The highest BCUT2D eigenvalue weighted by Gasteiger charge is 2.30. The van der Waals surface area contributed by atoms with Gasteiger partial charge in [0.1, 0.15) is 5.60 Å². The van der Waals surface area contributed by atoms with Crippen molar-refractivity contribution in [2.24, 2.45) is 0 Å². The summed E-state index contributed by atoms with van der Waals surface area (Å²) >= 11 is 0. The monoisotopic (exact) mass is 296 g/mol. The van der Waals surface area contributed by atoms with Gasteiger partial charge < -0.3 is 15.0 Å². The molecule has 1 atom stereocenters. The lowest BCUT2D eigenvalue weighted by Crippen LogP contribution is -2.50. The lowest BCUT2D eigenvalue weighted by Gasteiger charge is -2.37. The Kier molecular flexibility index (Phi) is 7.81. The molecule has 21 heavy (non-hydrogen) atoms. The Labute approximate surface area is 130 Å². The first-order valence-electron chi connectivity index (χ1n) is 7.68. The predicted molar refractivity (Wildman–Crippen MR) is 88.2 cm³/mol. The van der Waals surface area contributed by atoms with Gasteiger partial charge in [0.2, 0.25) is 0 Å². The Morgan fingerprint density at radius 2 is 1.86 bits per heavy atom. The first-order chi connectivity index (χ1) is 9.51. The number of terminal acetylenes is 1. The first kappa shape index (κ1) is 19.8. The minimum atomic E-state index is -0.483. The molecule has 1 amide bonds. The quantitative estimate of drug-likeness (QED) is 0.764. The van der Waals surface area contributed by atoms with Gasteiger partial charge in [0.05, 0.1) is 0 Å². The van der Waals surface area contributed by atoms with E-state index >= 15 is 0 Å². The first-order valence-corrected chi connectivity index (χ1v) is 7.68. The zero-order valence-corrected chi connectivity index (χ0v) is 14.7. The molecule has 0 fully saturated rings. The molecule has 1 N–H and O–H groups in total. The van der Waals surface area contributed by atoms with Crippen LogP contribution in [0.4, 0.5) is 4.79 Å². The van der Waals surface area contributed by atoms with Gasteiger partial charge in [-0.05, 0) is 48.0 Å². The molecule has 0 aromatic heterocycles. The van der Waals surface area contributed by atoms with Crippen molar-refractivity contribution < 1.29 is 9.53 Å². The Bertz CT molecular complexity index is 358. The van der Waals surface area contributed by atoms with Crippen molar-refractivity contribution in [1.29, 1.82) is 0 Å². The van der Waals surface area contributed by atoms with E-state index in [0.29, 0.717) is 25.6 Å². The van der Waals surface area contributed by atoms with Crippen LogP contribution in [-0.4, -0.2) is 41.3 Å². The van der Waals surface area contributed by atoms with E-state index in [1.165, 1.54) is 0 Å². The molecule has 1 unspecified atom stereocenters. The van der Waals surface area contributed by atoms with Gasteiger partial charge in [-0.1, -0.05) is 6.92 Å². The van der Waals surface area contributed by atoms with Gasteiger partial charge in [0.15, 0.2) is 0 Å². The van der Waals surface area contributed by atoms with E-state index in [4.69, 9.17) is 11.2 Å². The summed E-state index contributed by atoms with van der Waals surface area (Å²) < 4.78 is 5.48. The van der Waals surface area contributed by atoms with Gasteiger partial charge in [0.25, 0.3) is 0 Å². The number of hydrogen-bond donors (Lipinski definition) is 1. The molecule has 122 valence electrons. The van der Waals surface area contributed by atoms with Crippen molar-refractivity contribution in [3.8, 4) is 12.3 Å². The average molecular weight is 296 g/mol. The van der Waals surface area contributed by atoms with Gasteiger partial charge in [-0.3, -0.25) is 0 Å². The molecule has 4 heteroatoms. The van der Waals surface area contributed by atoms with Crippen molar-refractivity contribution in [1.82, 2.24) is 10.2 Å². The number of carbonyl (C=O) groups is 1. The molecule has 0 radical (unpaired) electrons. The Hall–Kier alpha value is -1.21. The highest BCUT2D eigenvalue weighted by atomic mass is 16.6. The molecule has 0 aliphatic heterocycles. The maximum Gasteiger partial charge on any atom is 0.410 e. The van der Waals surface area contributed by atoms with E-state index in [-0.39, 0.29) is 11.6 Å². The maximum atomic E-state index is 12.3. The average Bonchev–Trinajstić information content (AvgIpc) is 2.28. The number of hydrogen-bond acceptors (Lipinski definition) is 3. The third-order valence-electron chi connectivity index (χ3n) is 3.05. The Morgan fingerprint density at radius 1 is 1.29 bits per heavy atom. The molecule has 0 saturated heterocycles. The summed E-state index contributed by atoms with van der Waals surface area (Å²) in [6, 6.07) is 0.301. The van der Waals surface area contributed by atoms with Crippen LogP contribution in [-0.2, 0) is 4.74 Å². The van der Waals surface area contributed by atoms with Gasteiger partial charge in [-0.15, -0.1) is 12.3 Å². The van der Waals surface area contributed by atoms with Gasteiger partial charge in [-0.25, -0.2) is 4.79 Å². The molecule has 0 heterocycles. The summed E-state index contributed by atoms with van der Waals surface area (Å²) in [5.74, 6) is 2.67. The fourth-order valence-corrected chi connectivity index (χ4v) is 1.90. The molecule has 0 spiro atoms. The molecule has 0 aliphatic carbocycles. The summed E-state index contributed by atoms with van der Waals surface area (Å²) in [4.78, 5) is 14.1. The van der Waals surface area contributed by atoms with Crippen LogP contribution in [0.3, 0.4) is 0 Å². The number of nitrogens with one attached hydrogen (secondary N) is 1. The minimum absolute atomic E-state index is 0.276. The summed E-state index contributed by atoms with van der Waals surface area (Å²) in [6.45, 7) is 15.1. The van der Waals surface area contributed by atoms with Crippen LogP contribution in [0.2, 0.25) is 0 Å². The third-order valence-corrected chi connectivity index (χ3v) is 3.05. The smallest absolute Gasteiger partial charge is 0.410 e. The summed E-state index contributed by atoms with van der Waals surface area (Å²) in [6.07, 6.45) is 6.76. The summed E-state index contributed by atoms with van der Waals surface area (Å²) in [7, 11) is 0. The topological polar surface area (TPSA) is 41.6 Å². The summed E-state index contributed by atoms with van der Waals surface area (Å²) in [5, 5.41) is 3.40. The van der Waals surface area contributed by atoms with Crippen LogP contribution < -0.4 is 5.32 Å². The second kappa shape index (κ2) is 8.29. The van der Waals surface area contributed by atoms with Gasteiger partial charge in [0, 0.05) is 31.1 Å². The number of carbonyl (C=O) groups excluding carboxylic acids is 1. The van der Waals surface area contributed by atoms with Crippen molar-refractivity contribution in [3.63, 3.8) is 0 Å². The van der Waals surface area contributed by atoms with Crippen LogP contribution in [0.5, 0.6) is 0 Å². The lowest BCUT2D eigenvalue weighted by molar-refractivity contribution is 0.00647. The molecular weight excluding hydrogens is 264 g/mol.